The summed E-state index contributed by atoms with van der Waals surface area (Å²) in [7, 11) is -3.72. The fourth-order valence-electron chi connectivity index (χ4n) is 1.38. The van der Waals surface area contributed by atoms with Crippen LogP contribution in [0.4, 0.5) is 11.5 Å². The van der Waals surface area contributed by atoms with Crippen molar-refractivity contribution in [2.45, 2.75) is 11.8 Å². The van der Waals surface area contributed by atoms with Gasteiger partial charge in [0.15, 0.2) is 11.0 Å². The standard InChI is InChI=1S/C11H11ClN4O2S/c1-7-6-8(2-3-9(7)13)19(17,18)16-11-5-4-10(12)14-15-11/h2-6H,13H2,1H3,(H,15,16). The van der Waals surface area contributed by atoms with Crippen LogP contribution in [0.2, 0.25) is 5.15 Å². The van der Waals surface area contributed by atoms with Gasteiger partial charge in [0.05, 0.1) is 4.90 Å². The molecule has 100 valence electrons. The maximum absolute atomic E-state index is 12.1. The third kappa shape index (κ3) is 3.12. The Morgan fingerprint density at radius 3 is 2.53 bits per heavy atom. The molecule has 0 radical (unpaired) electrons. The summed E-state index contributed by atoms with van der Waals surface area (Å²) < 4.78 is 26.5. The molecule has 1 heterocycles. The molecule has 0 unspecified atom stereocenters. The van der Waals surface area contributed by atoms with Crippen molar-refractivity contribution >= 4 is 33.1 Å². The van der Waals surface area contributed by atoms with Crippen molar-refractivity contribution < 1.29 is 8.42 Å². The maximum atomic E-state index is 12.1. The monoisotopic (exact) mass is 298 g/mol. The Kier molecular flexibility index (Phi) is 3.59. The van der Waals surface area contributed by atoms with Gasteiger partial charge in [0.25, 0.3) is 10.0 Å². The Hall–Kier alpha value is -1.86. The Balaban J connectivity index is 2.32. The Labute approximate surface area is 115 Å². The van der Waals surface area contributed by atoms with E-state index in [1.165, 1.54) is 30.3 Å². The topological polar surface area (TPSA) is 98.0 Å². The summed E-state index contributed by atoms with van der Waals surface area (Å²) in [6, 6.07) is 7.32. The SMILES string of the molecule is Cc1cc(S(=O)(=O)Nc2ccc(Cl)nn2)ccc1N. The summed E-state index contributed by atoms with van der Waals surface area (Å²) in [6.07, 6.45) is 0. The van der Waals surface area contributed by atoms with E-state index in [-0.39, 0.29) is 15.9 Å². The van der Waals surface area contributed by atoms with Crippen molar-refractivity contribution in [2.24, 2.45) is 0 Å². The molecular formula is C11H11ClN4O2S. The number of nitrogen functional groups attached to an aromatic ring is 1. The average molecular weight is 299 g/mol. The predicted octanol–water partition coefficient (Wildman–Crippen LogP) is 1.82. The third-order valence-electron chi connectivity index (χ3n) is 2.42. The predicted molar refractivity (Wildman–Crippen MR) is 73.4 cm³/mol. The van der Waals surface area contributed by atoms with E-state index in [0.717, 1.165) is 0 Å². The number of hydrogen-bond donors (Lipinski definition) is 2. The van der Waals surface area contributed by atoms with Crippen molar-refractivity contribution in [3.05, 3.63) is 41.0 Å². The Bertz CT molecular complexity index is 701. The zero-order chi connectivity index (χ0) is 14.0. The molecule has 0 aliphatic rings. The molecule has 0 bridgehead atoms. The molecule has 2 aromatic rings. The van der Waals surface area contributed by atoms with Gasteiger partial charge in [0, 0.05) is 5.69 Å². The van der Waals surface area contributed by atoms with Gasteiger partial charge >= 0.3 is 0 Å². The molecular weight excluding hydrogens is 288 g/mol. The highest BCUT2D eigenvalue weighted by Crippen LogP contribution is 2.19. The highest BCUT2D eigenvalue weighted by Gasteiger charge is 2.15. The average Bonchev–Trinajstić information content (AvgIpc) is 2.35. The van der Waals surface area contributed by atoms with Crippen LogP contribution in [-0.4, -0.2) is 18.6 Å². The zero-order valence-electron chi connectivity index (χ0n) is 9.96. The van der Waals surface area contributed by atoms with Gasteiger partial charge in [-0.15, -0.1) is 10.2 Å². The van der Waals surface area contributed by atoms with Crippen LogP contribution in [0.5, 0.6) is 0 Å². The van der Waals surface area contributed by atoms with Crippen LogP contribution in [0.1, 0.15) is 5.56 Å². The molecule has 0 aliphatic heterocycles. The lowest BCUT2D eigenvalue weighted by molar-refractivity contribution is 0.601. The normalized spacial score (nSPS) is 11.3. The van der Waals surface area contributed by atoms with Gasteiger partial charge in [0.2, 0.25) is 0 Å². The largest absolute Gasteiger partial charge is 0.399 e. The van der Waals surface area contributed by atoms with Gasteiger partial charge in [-0.2, -0.15) is 0 Å². The van der Waals surface area contributed by atoms with Gasteiger partial charge < -0.3 is 5.73 Å². The van der Waals surface area contributed by atoms with Gasteiger partial charge in [-0.1, -0.05) is 11.6 Å². The van der Waals surface area contributed by atoms with E-state index in [1.807, 2.05) is 0 Å². The van der Waals surface area contributed by atoms with Crippen molar-refractivity contribution in [3.63, 3.8) is 0 Å². The fraction of sp³-hybridized carbons (Fsp3) is 0.0909. The highest BCUT2D eigenvalue weighted by atomic mass is 35.5. The number of anilines is 2. The fourth-order valence-corrected chi connectivity index (χ4v) is 2.56. The van der Waals surface area contributed by atoms with Crippen molar-refractivity contribution in [1.29, 1.82) is 0 Å². The minimum atomic E-state index is -3.72. The van der Waals surface area contributed by atoms with Crippen molar-refractivity contribution in [2.75, 3.05) is 10.5 Å². The maximum Gasteiger partial charge on any atom is 0.263 e. The molecule has 0 saturated carbocycles. The number of benzene rings is 1. The Morgan fingerprint density at radius 1 is 1.21 bits per heavy atom. The van der Waals surface area contributed by atoms with E-state index < -0.39 is 10.0 Å². The minimum absolute atomic E-state index is 0.0962. The lowest BCUT2D eigenvalue weighted by Gasteiger charge is -2.08. The van der Waals surface area contributed by atoms with Crippen LogP contribution in [-0.2, 0) is 10.0 Å². The zero-order valence-corrected chi connectivity index (χ0v) is 11.5. The second-order valence-corrected chi connectivity index (χ2v) is 5.93. The second kappa shape index (κ2) is 5.02. The van der Waals surface area contributed by atoms with E-state index in [4.69, 9.17) is 17.3 Å². The Morgan fingerprint density at radius 2 is 1.95 bits per heavy atom. The number of aryl methyl sites for hydroxylation is 1. The quantitative estimate of drug-likeness (QED) is 0.842. The van der Waals surface area contributed by atoms with Crippen molar-refractivity contribution in [3.8, 4) is 0 Å². The third-order valence-corrected chi connectivity index (χ3v) is 3.98. The molecule has 2 rings (SSSR count). The van der Waals surface area contributed by atoms with Crippen LogP contribution in [0.3, 0.4) is 0 Å². The van der Waals surface area contributed by atoms with E-state index in [2.05, 4.69) is 14.9 Å². The molecule has 0 saturated heterocycles. The molecule has 19 heavy (non-hydrogen) atoms. The molecule has 0 fully saturated rings. The van der Waals surface area contributed by atoms with E-state index in [0.29, 0.717) is 11.3 Å². The molecule has 3 N–H and O–H groups in total. The van der Waals surface area contributed by atoms with Crippen LogP contribution in [0.25, 0.3) is 0 Å². The molecule has 1 aromatic carbocycles. The first-order valence-electron chi connectivity index (χ1n) is 5.27. The first-order valence-corrected chi connectivity index (χ1v) is 7.13. The smallest absolute Gasteiger partial charge is 0.263 e. The summed E-state index contributed by atoms with van der Waals surface area (Å²) in [4.78, 5) is 0.107. The summed E-state index contributed by atoms with van der Waals surface area (Å²) in [5.74, 6) is 0.0962. The minimum Gasteiger partial charge on any atom is -0.399 e. The molecule has 6 nitrogen and oxygen atoms in total. The highest BCUT2D eigenvalue weighted by molar-refractivity contribution is 7.92. The summed E-state index contributed by atoms with van der Waals surface area (Å²) in [5.41, 5.74) is 6.87. The number of hydrogen-bond acceptors (Lipinski definition) is 5. The number of nitrogens with two attached hydrogens (primary N) is 1. The second-order valence-electron chi connectivity index (χ2n) is 3.87. The van der Waals surface area contributed by atoms with Gasteiger partial charge in [-0.3, -0.25) is 4.72 Å². The first-order chi connectivity index (χ1) is 8.88. The van der Waals surface area contributed by atoms with Crippen LogP contribution in [0.15, 0.2) is 35.2 Å². The van der Waals surface area contributed by atoms with Crippen LogP contribution >= 0.6 is 11.6 Å². The number of nitrogens with zero attached hydrogens (tertiary/aromatic N) is 2. The van der Waals surface area contributed by atoms with Crippen LogP contribution in [0, 0.1) is 6.92 Å². The van der Waals surface area contributed by atoms with E-state index >= 15 is 0 Å². The summed E-state index contributed by atoms with van der Waals surface area (Å²) >= 11 is 5.57. The van der Waals surface area contributed by atoms with Gasteiger partial charge in [-0.25, -0.2) is 8.42 Å². The van der Waals surface area contributed by atoms with E-state index in [1.54, 1.807) is 6.92 Å². The number of nitrogens with one attached hydrogen (secondary N) is 1. The van der Waals surface area contributed by atoms with E-state index in [9.17, 15) is 8.42 Å². The number of aromatic nitrogens is 2. The summed E-state index contributed by atoms with van der Waals surface area (Å²) in [6.45, 7) is 1.73. The van der Waals surface area contributed by atoms with Gasteiger partial charge in [-0.05, 0) is 42.8 Å². The van der Waals surface area contributed by atoms with Gasteiger partial charge in [0.1, 0.15) is 0 Å². The molecule has 0 aliphatic carbocycles. The molecule has 1 aromatic heterocycles. The number of rotatable bonds is 3. The number of sulfonamides is 1. The molecule has 8 heteroatoms. The molecule has 0 amide bonds. The van der Waals surface area contributed by atoms with Crippen molar-refractivity contribution in [1.82, 2.24) is 10.2 Å². The first kappa shape index (κ1) is 13.6. The molecule has 0 spiro atoms. The number of halogens is 1. The lowest BCUT2D eigenvalue weighted by atomic mass is 10.2. The lowest BCUT2D eigenvalue weighted by Crippen LogP contribution is -2.14. The summed E-state index contributed by atoms with van der Waals surface area (Å²) in [5, 5.41) is 7.38. The molecule has 0 atom stereocenters. The van der Waals surface area contributed by atoms with Crippen LogP contribution < -0.4 is 10.5 Å².